The first-order chi connectivity index (χ1) is 12.5. The molecule has 144 valence electrons. The first-order valence-corrected chi connectivity index (χ1v) is 9.11. The number of hydrogen-bond donors (Lipinski definition) is 3. The summed E-state index contributed by atoms with van der Waals surface area (Å²) in [5, 5.41) is 9.83. The molecule has 3 N–H and O–H groups in total. The quantitative estimate of drug-likeness (QED) is 0.719. The molecule has 3 rings (SSSR count). The van der Waals surface area contributed by atoms with E-state index in [1.807, 2.05) is 0 Å². The van der Waals surface area contributed by atoms with Gasteiger partial charge in [-0.05, 0) is 62.7 Å². The summed E-state index contributed by atoms with van der Waals surface area (Å²) in [5.74, 6) is -0.450. The highest BCUT2D eigenvalue weighted by atomic mass is 35.5. The largest absolute Gasteiger partial charge is 0.349 e. The second kappa shape index (κ2) is 9.74. The molecule has 2 aromatic carbocycles. The number of benzene rings is 2. The van der Waals surface area contributed by atoms with Crippen molar-refractivity contribution in [3.63, 3.8) is 0 Å². The van der Waals surface area contributed by atoms with Crippen LogP contribution in [0.1, 0.15) is 40.5 Å². The number of para-hydroxylation sites is 1. The average Bonchev–Trinajstić information content (AvgIpc) is 2.62. The van der Waals surface area contributed by atoms with Gasteiger partial charge in [-0.1, -0.05) is 23.7 Å². The standard InChI is InChI=1S/C20H22ClN3O2.ClH/c1-13-12-16(10-11-22-13)23-20(26)17-4-2-3-5-18(17)24-19(25)14-6-8-15(21)9-7-14;/h2-9,13,16,22H,10-12H2,1H3,(H,23,26)(H,24,25);1H. The van der Waals surface area contributed by atoms with E-state index in [2.05, 4.69) is 22.9 Å². The van der Waals surface area contributed by atoms with Crippen molar-refractivity contribution in [3.8, 4) is 0 Å². The van der Waals surface area contributed by atoms with E-state index >= 15 is 0 Å². The number of hydrogen-bond acceptors (Lipinski definition) is 3. The minimum Gasteiger partial charge on any atom is -0.349 e. The van der Waals surface area contributed by atoms with E-state index in [4.69, 9.17) is 11.6 Å². The Morgan fingerprint density at radius 2 is 1.78 bits per heavy atom. The predicted octanol–water partition coefficient (Wildman–Crippen LogP) is 3.88. The van der Waals surface area contributed by atoms with Gasteiger partial charge in [-0.25, -0.2) is 0 Å². The Balaban J connectivity index is 0.00000261. The van der Waals surface area contributed by atoms with Gasteiger partial charge in [0.25, 0.3) is 11.8 Å². The van der Waals surface area contributed by atoms with Gasteiger partial charge in [0.05, 0.1) is 11.3 Å². The van der Waals surface area contributed by atoms with Crippen molar-refractivity contribution in [2.24, 2.45) is 0 Å². The summed E-state index contributed by atoms with van der Waals surface area (Å²) < 4.78 is 0. The fourth-order valence-electron chi connectivity index (χ4n) is 3.11. The van der Waals surface area contributed by atoms with Gasteiger partial charge < -0.3 is 16.0 Å². The van der Waals surface area contributed by atoms with Gasteiger partial charge in [-0.3, -0.25) is 9.59 Å². The number of piperidine rings is 1. The van der Waals surface area contributed by atoms with E-state index in [0.717, 1.165) is 19.4 Å². The molecule has 27 heavy (non-hydrogen) atoms. The Bertz CT molecular complexity index is 796. The summed E-state index contributed by atoms with van der Waals surface area (Å²) in [6, 6.07) is 14.2. The number of carbonyl (C=O) groups excluding carboxylic acids is 2. The SMILES string of the molecule is CC1CC(NC(=O)c2ccccc2NC(=O)c2ccc(Cl)cc2)CCN1.Cl. The molecule has 2 amide bonds. The van der Waals surface area contributed by atoms with Crippen LogP contribution < -0.4 is 16.0 Å². The van der Waals surface area contributed by atoms with Crippen LogP contribution in [-0.2, 0) is 0 Å². The van der Waals surface area contributed by atoms with E-state index in [0.29, 0.717) is 27.9 Å². The van der Waals surface area contributed by atoms with Crippen molar-refractivity contribution in [3.05, 3.63) is 64.7 Å². The topological polar surface area (TPSA) is 70.2 Å². The smallest absolute Gasteiger partial charge is 0.255 e. The molecule has 1 saturated heterocycles. The van der Waals surface area contributed by atoms with Gasteiger partial charge >= 0.3 is 0 Å². The van der Waals surface area contributed by atoms with Gasteiger partial charge in [-0.2, -0.15) is 0 Å². The van der Waals surface area contributed by atoms with E-state index < -0.39 is 0 Å². The monoisotopic (exact) mass is 407 g/mol. The summed E-state index contributed by atoms with van der Waals surface area (Å²) in [5.41, 5.74) is 1.43. The van der Waals surface area contributed by atoms with E-state index in [-0.39, 0.29) is 30.3 Å². The molecule has 7 heteroatoms. The van der Waals surface area contributed by atoms with Crippen LogP contribution in [0.25, 0.3) is 0 Å². The van der Waals surface area contributed by atoms with Crippen LogP contribution in [0.5, 0.6) is 0 Å². The lowest BCUT2D eigenvalue weighted by atomic mass is 10.00. The highest BCUT2D eigenvalue weighted by Crippen LogP contribution is 2.18. The van der Waals surface area contributed by atoms with Crippen molar-refractivity contribution in [2.75, 3.05) is 11.9 Å². The predicted molar refractivity (Wildman–Crippen MR) is 111 cm³/mol. The molecule has 2 aromatic rings. The lowest BCUT2D eigenvalue weighted by Crippen LogP contribution is -2.46. The van der Waals surface area contributed by atoms with Crippen molar-refractivity contribution < 1.29 is 9.59 Å². The Kier molecular flexibility index (Phi) is 7.66. The molecule has 0 bridgehead atoms. The lowest BCUT2D eigenvalue weighted by Gasteiger charge is -2.28. The van der Waals surface area contributed by atoms with Crippen LogP contribution in [0.15, 0.2) is 48.5 Å². The molecule has 1 fully saturated rings. The van der Waals surface area contributed by atoms with Gasteiger partial charge in [0.15, 0.2) is 0 Å². The van der Waals surface area contributed by atoms with Crippen molar-refractivity contribution >= 4 is 41.5 Å². The highest BCUT2D eigenvalue weighted by Gasteiger charge is 2.22. The molecule has 2 unspecified atom stereocenters. The van der Waals surface area contributed by atoms with Gasteiger partial charge in [0, 0.05) is 22.7 Å². The van der Waals surface area contributed by atoms with Crippen LogP contribution in [0, 0.1) is 0 Å². The van der Waals surface area contributed by atoms with Crippen LogP contribution in [0.2, 0.25) is 5.02 Å². The van der Waals surface area contributed by atoms with E-state index in [1.54, 1.807) is 48.5 Å². The third kappa shape index (κ3) is 5.70. The van der Waals surface area contributed by atoms with Crippen molar-refractivity contribution in [1.82, 2.24) is 10.6 Å². The number of nitrogens with one attached hydrogen (secondary N) is 3. The van der Waals surface area contributed by atoms with E-state index in [9.17, 15) is 9.59 Å². The zero-order chi connectivity index (χ0) is 18.5. The summed E-state index contributed by atoms with van der Waals surface area (Å²) >= 11 is 5.86. The summed E-state index contributed by atoms with van der Waals surface area (Å²) in [4.78, 5) is 25.1. The molecule has 0 aliphatic carbocycles. The minimum absolute atomic E-state index is 0. The van der Waals surface area contributed by atoms with Crippen LogP contribution >= 0.6 is 24.0 Å². The zero-order valence-corrected chi connectivity index (χ0v) is 16.6. The molecule has 0 spiro atoms. The van der Waals surface area contributed by atoms with Crippen LogP contribution in [-0.4, -0.2) is 30.4 Å². The highest BCUT2D eigenvalue weighted by molar-refractivity contribution is 6.30. The molecule has 1 aliphatic heterocycles. The molecular weight excluding hydrogens is 385 g/mol. The third-order valence-corrected chi connectivity index (χ3v) is 4.74. The van der Waals surface area contributed by atoms with Crippen molar-refractivity contribution in [2.45, 2.75) is 31.8 Å². The van der Waals surface area contributed by atoms with Gasteiger partial charge in [0.1, 0.15) is 0 Å². The summed E-state index contributed by atoms with van der Waals surface area (Å²) in [6.07, 6.45) is 1.79. The molecule has 5 nitrogen and oxygen atoms in total. The van der Waals surface area contributed by atoms with Crippen LogP contribution in [0.4, 0.5) is 5.69 Å². The molecule has 1 aliphatic rings. The third-order valence-electron chi connectivity index (χ3n) is 4.49. The fraction of sp³-hybridized carbons (Fsp3) is 0.300. The first-order valence-electron chi connectivity index (χ1n) is 8.73. The van der Waals surface area contributed by atoms with Crippen LogP contribution in [0.3, 0.4) is 0 Å². The molecule has 0 radical (unpaired) electrons. The lowest BCUT2D eigenvalue weighted by molar-refractivity contribution is 0.0926. The summed E-state index contributed by atoms with van der Waals surface area (Å²) in [6.45, 7) is 3.00. The Labute approximate surface area is 170 Å². The number of anilines is 1. The van der Waals surface area contributed by atoms with Gasteiger partial charge in [-0.15, -0.1) is 12.4 Å². The average molecular weight is 408 g/mol. The Hall–Kier alpha value is -2.08. The number of rotatable bonds is 4. The first kappa shape index (κ1) is 21.2. The second-order valence-corrected chi connectivity index (χ2v) is 6.99. The molecule has 0 aromatic heterocycles. The fourth-order valence-corrected chi connectivity index (χ4v) is 3.24. The maximum absolute atomic E-state index is 12.7. The number of amides is 2. The zero-order valence-electron chi connectivity index (χ0n) is 15.0. The van der Waals surface area contributed by atoms with E-state index in [1.165, 1.54) is 0 Å². The maximum atomic E-state index is 12.7. The molecule has 2 atom stereocenters. The maximum Gasteiger partial charge on any atom is 0.255 e. The molecular formula is C20H23Cl2N3O2. The number of carbonyl (C=O) groups is 2. The summed E-state index contributed by atoms with van der Waals surface area (Å²) in [7, 11) is 0. The minimum atomic E-state index is -0.280. The number of halogens is 2. The van der Waals surface area contributed by atoms with Crippen molar-refractivity contribution in [1.29, 1.82) is 0 Å². The Morgan fingerprint density at radius 1 is 1.07 bits per heavy atom. The Morgan fingerprint density at radius 3 is 2.48 bits per heavy atom. The normalized spacial score (nSPS) is 18.9. The second-order valence-electron chi connectivity index (χ2n) is 6.56. The van der Waals surface area contributed by atoms with Gasteiger partial charge in [0.2, 0.25) is 0 Å². The molecule has 0 saturated carbocycles. The molecule has 1 heterocycles.